The molecule has 1 aliphatic rings. The molecule has 2 aromatic rings. The Balaban J connectivity index is 1.85. The number of ketones is 1. The Labute approximate surface area is 149 Å². The summed E-state index contributed by atoms with van der Waals surface area (Å²) in [6, 6.07) is 12.0. The van der Waals surface area contributed by atoms with E-state index in [0.29, 0.717) is 6.61 Å². The van der Waals surface area contributed by atoms with Crippen molar-refractivity contribution in [2.75, 3.05) is 6.61 Å². The molecular weight excluding hydrogens is 308 g/mol. The minimum absolute atomic E-state index is 0.0888. The summed E-state index contributed by atoms with van der Waals surface area (Å²) in [6.45, 7) is 6.39. The lowest BCUT2D eigenvalue weighted by molar-refractivity contribution is 0.101. The maximum Gasteiger partial charge on any atom is 0.159 e. The smallest absolute Gasteiger partial charge is 0.159 e. The summed E-state index contributed by atoms with van der Waals surface area (Å²) in [6.07, 6.45) is 8.79. The van der Waals surface area contributed by atoms with Gasteiger partial charge in [0.1, 0.15) is 12.4 Å². The Morgan fingerprint density at radius 1 is 1.08 bits per heavy atom. The highest BCUT2D eigenvalue weighted by molar-refractivity contribution is 5.95. The van der Waals surface area contributed by atoms with E-state index >= 15 is 0 Å². The van der Waals surface area contributed by atoms with E-state index in [1.54, 1.807) is 6.92 Å². The highest BCUT2D eigenvalue weighted by Gasteiger charge is 2.10. The zero-order valence-corrected chi connectivity index (χ0v) is 15.1. The number of hydrogen-bond acceptors (Lipinski definition) is 2. The van der Waals surface area contributed by atoms with Crippen molar-refractivity contribution < 1.29 is 9.53 Å². The van der Waals surface area contributed by atoms with E-state index in [0.717, 1.165) is 40.8 Å². The molecule has 0 atom stereocenters. The maximum atomic E-state index is 11.7. The first-order valence-electron chi connectivity index (χ1n) is 8.75. The molecule has 25 heavy (non-hydrogen) atoms. The minimum Gasteiger partial charge on any atom is -0.489 e. The first-order chi connectivity index (χ1) is 12.0. The Morgan fingerprint density at radius 3 is 2.48 bits per heavy atom. The molecule has 0 radical (unpaired) electrons. The summed E-state index contributed by atoms with van der Waals surface area (Å²) in [5.74, 6) is 0.979. The van der Waals surface area contributed by atoms with E-state index in [1.165, 1.54) is 11.1 Å². The predicted molar refractivity (Wildman–Crippen MR) is 103 cm³/mol. The fourth-order valence-electron chi connectivity index (χ4n) is 3.30. The van der Waals surface area contributed by atoms with Crippen molar-refractivity contribution in [3.63, 3.8) is 0 Å². The normalized spacial score (nSPS) is 13.5. The molecule has 0 saturated carbocycles. The van der Waals surface area contributed by atoms with Crippen LogP contribution in [0, 0.1) is 13.8 Å². The number of carbonyl (C=O) groups excluding carboxylic acids is 1. The molecule has 0 amide bonds. The van der Waals surface area contributed by atoms with Crippen LogP contribution in [0.15, 0.2) is 60.2 Å². The van der Waals surface area contributed by atoms with Gasteiger partial charge in [0.2, 0.25) is 0 Å². The summed E-state index contributed by atoms with van der Waals surface area (Å²) in [5.41, 5.74) is 6.54. The third kappa shape index (κ3) is 4.08. The van der Waals surface area contributed by atoms with E-state index in [2.05, 4.69) is 50.3 Å². The van der Waals surface area contributed by atoms with E-state index in [-0.39, 0.29) is 5.78 Å². The number of aryl methyl sites for hydroxylation is 2. The number of ether oxygens (including phenoxy) is 1. The van der Waals surface area contributed by atoms with Crippen molar-refractivity contribution in [3.05, 3.63) is 76.9 Å². The maximum absolute atomic E-state index is 11.7. The molecule has 0 heterocycles. The molecule has 0 unspecified atom stereocenters. The molecule has 1 aliphatic carbocycles. The van der Waals surface area contributed by atoms with Gasteiger partial charge in [-0.1, -0.05) is 36.4 Å². The van der Waals surface area contributed by atoms with E-state index in [1.807, 2.05) is 18.2 Å². The second kappa shape index (κ2) is 7.52. The van der Waals surface area contributed by atoms with Gasteiger partial charge in [0, 0.05) is 5.56 Å². The molecule has 2 heteroatoms. The van der Waals surface area contributed by atoms with Crippen LogP contribution in [0.5, 0.6) is 5.75 Å². The summed E-state index contributed by atoms with van der Waals surface area (Å²) in [7, 11) is 0. The van der Waals surface area contributed by atoms with Gasteiger partial charge in [-0.05, 0) is 79.6 Å². The van der Waals surface area contributed by atoms with E-state index < -0.39 is 0 Å². The van der Waals surface area contributed by atoms with Crippen LogP contribution < -0.4 is 4.74 Å². The second-order valence-corrected chi connectivity index (χ2v) is 6.62. The van der Waals surface area contributed by atoms with Crippen LogP contribution >= 0.6 is 0 Å². The highest BCUT2D eigenvalue weighted by atomic mass is 16.5. The number of rotatable bonds is 5. The van der Waals surface area contributed by atoms with Gasteiger partial charge in [0.15, 0.2) is 5.78 Å². The zero-order valence-electron chi connectivity index (χ0n) is 15.1. The molecule has 2 nitrogen and oxygen atoms in total. The summed E-state index contributed by atoms with van der Waals surface area (Å²) in [5, 5.41) is 0. The summed E-state index contributed by atoms with van der Waals surface area (Å²) >= 11 is 0. The van der Waals surface area contributed by atoms with Gasteiger partial charge >= 0.3 is 0 Å². The Kier molecular flexibility index (Phi) is 5.18. The second-order valence-electron chi connectivity index (χ2n) is 6.62. The number of benzene rings is 2. The molecule has 0 bridgehead atoms. The van der Waals surface area contributed by atoms with Crippen LogP contribution in [0.1, 0.15) is 41.3 Å². The molecule has 2 aromatic carbocycles. The first kappa shape index (κ1) is 17.2. The molecule has 3 rings (SSSR count). The third-order valence-electron chi connectivity index (χ3n) is 4.54. The van der Waals surface area contributed by atoms with Gasteiger partial charge in [-0.3, -0.25) is 4.79 Å². The molecule has 128 valence electrons. The van der Waals surface area contributed by atoms with E-state index in [9.17, 15) is 4.79 Å². The van der Waals surface area contributed by atoms with Crippen molar-refractivity contribution in [2.24, 2.45) is 0 Å². The number of hydrogen-bond donors (Lipinski definition) is 0. The topological polar surface area (TPSA) is 26.3 Å². The Morgan fingerprint density at radius 2 is 1.84 bits per heavy atom. The highest BCUT2D eigenvalue weighted by Crippen LogP contribution is 2.31. The number of Topliss-reactive ketones (excluding diaryl/α,β-unsaturated/α-hetero) is 1. The SMILES string of the molecule is CC(=O)c1cccc(-c2c(C)cc(OCC3=CCCC=C3)cc2C)c1. The largest absolute Gasteiger partial charge is 0.489 e. The molecule has 0 saturated heterocycles. The van der Waals surface area contributed by atoms with Gasteiger partial charge in [-0.25, -0.2) is 0 Å². The summed E-state index contributed by atoms with van der Waals surface area (Å²) in [4.78, 5) is 11.7. The lowest BCUT2D eigenvalue weighted by Gasteiger charge is -2.15. The van der Waals surface area contributed by atoms with Crippen LogP contribution in [0.4, 0.5) is 0 Å². The van der Waals surface area contributed by atoms with Crippen molar-refractivity contribution >= 4 is 5.78 Å². The lowest BCUT2D eigenvalue weighted by atomic mass is 9.94. The molecule has 0 aromatic heterocycles. The van der Waals surface area contributed by atoms with Gasteiger partial charge in [-0.2, -0.15) is 0 Å². The van der Waals surface area contributed by atoms with Crippen molar-refractivity contribution in [2.45, 2.75) is 33.6 Å². The molecule has 0 fully saturated rings. The molecule has 0 aliphatic heterocycles. The number of allylic oxidation sites excluding steroid dienone is 2. The standard InChI is InChI=1S/C23H24O2/c1-16-12-22(25-15-19-8-5-4-6-9-19)13-17(2)23(16)21-11-7-10-20(14-21)18(3)24/h5,7-14H,4,6,15H2,1-3H3. The monoisotopic (exact) mass is 332 g/mol. The van der Waals surface area contributed by atoms with Crippen LogP contribution in [0.25, 0.3) is 11.1 Å². The Bertz CT molecular complexity index is 833. The van der Waals surface area contributed by atoms with Gasteiger partial charge in [0.25, 0.3) is 0 Å². The van der Waals surface area contributed by atoms with Crippen LogP contribution in [-0.2, 0) is 0 Å². The third-order valence-corrected chi connectivity index (χ3v) is 4.54. The fourth-order valence-corrected chi connectivity index (χ4v) is 3.30. The lowest BCUT2D eigenvalue weighted by Crippen LogP contribution is -2.02. The minimum atomic E-state index is 0.0888. The fraction of sp³-hybridized carbons (Fsp3) is 0.261. The van der Waals surface area contributed by atoms with Crippen molar-refractivity contribution in [1.82, 2.24) is 0 Å². The van der Waals surface area contributed by atoms with Crippen LogP contribution in [-0.4, -0.2) is 12.4 Å². The van der Waals surface area contributed by atoms with E-state index in [4.69, 9.17) is 4.74 Å². The Hall–Kier alpha value is -2.61. The quantitative estimate of drug-likeness (QED) is 0.644. The molecular formula is C23H24O2. The number of carbonyl (C=O) groups is 1. The predicted octanol–water partition coefficient (Wildman–Crippen LogP) is 5.83. The van der Waals surface area contributed by atoms with Crippen molar-refractivity contribution in [3.8, 4) is 16.9 Å². The van der Waals surface area contributed by atoms with Gasteiger partial charge in [-0.15, -0.1) is 0 Å². The summed E-state index contributed by atoms with van der Waals surface area (Å²) < 4.78 is 5.99. The average Bonchev–Trinajstić information content (AvgIpc) is 2.60. The zero-order chi connectivity index (χ0) is 17.8. The van der Waals surface area contributed by atoms with Gasteiger partial charge < -0.3 is 4.74 Å². The van der Waals surface area contributed by atoms with Crippen LogP contribution in [0.3, 0.4) is 0 Å². The van der Waals surface area contributed by atoms with Crippen molar-refractivity contribution in [1.29, 1.82) is 0 Å². The van der Waals surface area contributed by atoms with Gasteiger partial charge in [0.05, 0.1) is 0 Å². The molecule has 0 N–H and O–H groups in total. The first-order valence-corrected chi connectivity index (χ1v) is 8.75. The molecule has 0 spiro atoms. The average molecular weight is 332 g/mol. The van der Waals surface area contributed by atoms with Crippen LogP contribution in [0.2, 0.25) is 0 Å².